The molecule has 0 saturated carbocycles. The van der Waals surface area contributed by atoms with Crippen molar-refractivity contribution in [1.82, 2.24) is 5.43 Å². The molecule has 3 N–H and O–H groups in total. The van der Waals surface area contributed by atoms with Crippen LogP contribution < -0.4 is 15.5 Å². The Morgan fingerprint density at radius 3 is 2.71 bits per heavy atom. The highest BCUT2D eigenvalue weighted by molar-refractivity contribution is 5.88. The Kier molecular flexibility index (Phi) is 6.19. The molecule has 6 nitrogen and oxygen atoms in total. The van der Waals surface area contributed by atoms with E-state index < -0.39 is 6.04 Å². The first-order valence-electron chi connectivity index (χ1n) is 7.65. The van der Waals surface area contributed by atoms with E-state index in [0.29, 0.717) is 17.7 Å². The van der Waals surface area contributed by atoms with Crippen LogP contribution in [-0.2, 0) is 4.79 Å². The van der Waals surface area contributed by atoms with E-state index >= 15 is 0 Å². The average Bonchev–Trinajstić information content (AvgIpc) is 2.62. The molecule has 24 heavy (non-hydrogen) atoms. The van der Waals surface area contributed by atoms with Crippen LogP contribution in [0, 0.1) is 0 Å². The van der Waals surface area contributed by atoms with Gasteiger partial charge in [-0.1, -0.05) is 25.1 Å². The third-order valence-electron chi connectivity index (χ3n) is 3.45. The Bertz CT molecular complexity index is 702. The summed E-state index contributed by atoms with van der Waals surface area (Å²) in [5.74, 6) is 0.404. The number of carbonyl (C=O) groups is 1. The number of hydrogen-bond donors (Lipinski definition) is 3. The lowest BCUT2D eigenvalue weighted by Crippen LogP contribution is -2.36. The standard InChI is InChI=1S/C18H21N3O3/c1-3-16(20-14-7-5-4-6-8-14)18(23)21-19-12-13-11-15(24-2)9-10-17(13)22/h4-12,16,20,22H,3H2,1-2H3,(H,21,23)/b19-12+/t16-/m0/s1. The van der Waals surface area contributed by atoms with Crippen LogP contribution in [0.1, 0.15) is 18.9 Å². The van der Waals surface area contributed by atoms with E-state index in [2.05, 4.69) is 15.8 Å². The van der Waals surface area contributed by atoms with Crippen LogP contribution in [0.25, 0.3) is 0 Å². The first kappa shape index (κ1) is 17.3. The van der Waals surface area contributed by atoms with Crippen LogP contribution in [-0.4, -0.2) is 30.4 Å². The number of nitrogens with one attached hydrogen (secondary N) is 2. The molecular formula is C18H21N3O3. The van der Waals surface area contributed by atoms with E-state index in [4.69, 9.17) is 4.74 Å². The Labute approximate surface area is 141 Å². The number of rotatable bonds is 7. The number of carbonyl (C=O) groups excluding carboxylic acids is 1. The van der Waals surface area contributed by atoms with Gasteiger partial charge in [-0.25, -0.2) is 5.43 Å². The number of phenolic OH excluding ortho intramolecular Hbond substituents is 1. The molecule has 0 unspecified atom stereocenters. The monoisotopic (exact) mass is 327 g/mol. The predicted molar refractivity (Wildman–Crippen MR) is 94.5 cm³/mol. The summed E-state index contributed by atoms with van der Waals surface area (Å²) in [6, 6.07) is 13.9. The maximum absolute atomic E-state index is 12.2. The van der Waals surface area contributed by atoms with E-state index in [1.165, 1.54) is 19.4 Å². The normalized spacial score (nSPS) is 11.9. The zero-order valence-electron chi connectivity index (χ0n) is 13.7. The highest BCUT2D eigenvalue weighted by atomic mass is 16.5. The third-order valence-corrected chi connectivity index (χ3v) is 3.45. The summed E-state index contributed by atoms with van der Waals surface area (Å²) < 4.78 is 5.09. The van der Waals surface area contributed by atoms with Crippen molar-refractivity contribution in [1.29, 1.82) is 0 Å². The fourth-order valence-electron chi connectivity index (χ4n) is 2.09. The highest BCUT2D eigenvalue weighted by Crippen LogP contribution is 2.20. The smallest absolute Gasteiger partial charge is 0.262 e. The molecule has 0 radical (unpaired) electrons. The zero-order valence-corrected chi connectivity index (χ0v) is 13.7. The van der Waals surface area contributed by atoms with Gasteiger partial charge in [-0.05, 0) is 36.8 Å². The van der Waals surface area contributed by atoms with Crippen LogP contribution >= 0.6 is 0 Å². The number of phenols is 1. The zero-order chi connectivity index (χ0) is 17.4. The molecule has 0 aliphatic rings. The second kappa shape index (κ2) is 8.57. The molecule has 0 fully saturated rings. The van der Waals surface area contributed by atoms with Crippen molar-refractivity contribution in [3.05, 3.63) is 54.1 Å². The maximum Gasteiger partial charge on any atom is 0.262 e. The van der Waals surface area contributed by atoms with Crippen LogP contribution in [0.3, 0.4) is 0 Å². The molecule has 1 atom stereocenters. The lowest BCUT2D eigenvalue weighted by molar-refractivity contribution is -0.121. The van der Waals surface area contributed by atoms with Crippen molar-refractivity contribution < 1.29 is 14.6 Å². The number of aromatic hydroxyl groups is 1. The second-order valence-corrected chi connectivity index (χ2v) is 5.13. The number of para-hydroxylation sites is 1. The fraction of sp³-hybridized carbons (Fsp3) is 0.222. The van der Waals surface area contributed by atoms with Crippen molar-refractivity contribution in [2.45, 2.75) is 19.4 Å². The molecule has 126 valence electrons. The number of methoxy groups -OCH3 is 1. The molecule has 0 aliphatic heterocycles. The van der Waals surface area contributed by atoms with Gasteiger partial charge >= 0.3 is 0 Å². The third kappa shape index (κ3) is 4.74. The van der Waals surface area contributed by atoms with E-state index in [0.717, 1.165) is 5.69 Å². The molecule has 0 bridgehead atoms. The summed E-state index contributed by atoms with van der Waals surface area (Å²) in [4.78, 5) is 12.2. The van der Waals surface area contributed by atoms with E-state index in [1.54, 1.807) is 12.1 Å². The summed E-state index contributed by atoms with van der Waals surface area (Å²) in [6.07, 6.45) is 1.99. The minimum atomic E-state index is -0.400. The summed E-state index contributed by atoms with van der Waals surface area (Å²) in [7, 11) is 1.54. The predicted octanol–water partition coefficient (Wildman–Crippen LogP) is 2.74. The second-order valence-electron chi connectivity index (χ2n) is 5.13. The first-order chi connectivity index (χ1) is 11.6. The Hall–Kier alpha value is -3.02. The van der Waals surface area contributed by atoms with Crippen LogP contribution in [0.2, 0.25) is 0 Å². The molecule has 6 heteroatoms. The minimum Gasteiger partial charge on any atom is -0.507 e. The van der Waals surface area contributed by atoms with Crippen LogP contribution in [0.5, 0.6) is 11.5 Å². The molecule has 0 aromatic heterocycles. The Balaban J connectivity index is 1.98. The van der Waals surface area contributed by atoms with Gasteiger partial charge in [0.1, 0.15) is 17.5 Å². The fourth-order valence-corrected chi connectivity index (χ4v) is 2.09. The van der Waals surface area contributed by atoms with Crippen molar-refractivity contribution in [3.63, 3.8) is 0 Å². The summed E-state index contributed by atoms with van der Waals surface area (Å²) >= 11 is 0. The molecule has 0 heterocycles. The van der Waals surface area contributed by atoms with Crippen LogP contribution in [0.4, 0.5) is 5.69 Å². The SMILES string of the molecule is CC[C@H](Nc1ccccc1)C(=O)N/N=C/c1cc(OC)ccc1O. The highest BCUT2D eigenvalue weighted by Gasteiger charge is 2.15. The van der Waals surface area contributed by atoms with Gasteiger partial charge in [0.2, 0.25) is 0 Å². The van der Waals surface area contributed by atoms with E-state index in [1.807, 2.05) is 37.3 Å². The molecule has 2 aromatic rings. The van der Waals surface area contributed by atoms with E-state index in [9.17, 15) is 9.90 Å². The van der Waals surface area contributed by atoms with Gasteiger partial charge in [0.25, 0.3) is 5.91 Å². The van der Waals surface area contributed by atoms with Gasteiger partial charge < -0.3 is 15.2 Å². The number of anilines is 1. The summed E-state index contributed by atoms with van der Waals surface area (Å²) in [5, 5.41) is 16.8. The lowest BCUT2D eigenvalue weighted by Gasteiger charge is -2.16. The Morgan fingerprint density at radius 1 is 1.29 bits per heavy atom. The largest absolute Gasteiger partial charge is 0.507 e. The molecule has 0 aliphatic carbocycles. The number of hydrogen-bond acceptors (Lipinski definition) is 5. The van der Waals surface area contributed by atoms with Crippen LogP contribution in [0.15, 0.2) is 53.6 Å². The first-order valence-corrected chi connectivity index (χ1v) is 7.65. The Morgan fingerprint density at radius 2 is 2.04 bits per heavy atom. The maximum atomic E-state index is 12.2. The van der Waals surface area contributed by atoms with Gasteiger partial charge in [0.15, 0.2) is 0 Å². The molecule has 1 amide bonds. The minimum absolute atomic E-state index is 0.0586. The molecule has 2 aromatic carbocycles. The van der Waals surface area contributed by atoms with Crippen molar-refractivity contribution >= 4 is 17.8 Å². The van der Waals surface area contributed by atoms with E-state index in [-0.39, 0.29) is 11.7 Å². The van der Waals surface area contributed by atoms with Gasteiger partial charge in [0, 0.05) is 11.3 Å². The topological polar surface area (TPSA) is 83.0 Å². The number of benzene rings is 2. The average molecular weight is 327 g/mol. The van der Waals surface area contributed by atoms with Gasteiger partial charge in [-0.3, -0.25) is 4.79 Å². The quantitative estimate of drug-likeness (QED) is 0.539. The van der Waals surface area contributed by atoms with Gasteiger partial charge in [-0.15, -0.1) is 0 Å². The number of hydrazone groups is 1. The number of ether oxygens (including phenoxy) is 1. The van der Waals surface area contributed by atoms with Crippen molar-refractivity contribution in [2.75, 3.05) is 12.4 Å². The summed E-state index contributed by atoms with van der Waals surface area (Å²) in [6.45, 7) is 1.91. The molecule has 0 spiro atoms. The summed E-state index contributed by atoms with van der Waals surface area (Å²) in [5.41, 5.74) is 3.81. The number of nitrogens with zero attached hydrogens (tertiary/aromatic N) is 1. The van der Waals surface area contributed by atoms with Gasteiger partial charge in [0.05, 0.1) is 13.3 Å². The van der Waals surface area contributed by atoms with Crippen molar-refractivity contribution in [2.24, 2.45) is 5.10 Å². The molecule has 2 rings (SSSR count). The number of amides is 1. The lowest BCUT2D eigenvalue weighted by atomic mass is 10.2. The molecule has 0 saturated heterocycles. The molecular weight excluding hydrogens is 306 g/mol. The van der Waals surface area contributed by atoms with Gasteiger partial charge in [-0.2, -0.15) is 5.10 Å². The van der Waals surface area contributed by atoms with Crippen molar-refractivity contribution in [3.8, 4) is 11.5 Å².